The summed E-state index contributed by atoms with van der Waals surface area (Å²) in [6, 6.07) is 37.4. The van der Waals surface area contributed by atoms with Crippen molar-refractivity contribution in [3.63, 3.8) is 0 Å². The summed E-state index contributed by atoms with van der Waals surface area (Å²) in [6.07, 6.45) is 30.4. The Morgan fingerprint density at radius 2 is 1.18 bits per heavy atom. The number of ether oxygens (including phenoxy) is 1. The number of nitriles is 1. The Bertz CT molecular complexity index is 2470. The van der Waals surface area contributed by atoms with Gasteiger partial charge in [0.2, 0.25) is 5.69 Å². The van der Waals surface area contributed by atoms with Crippen LogP contribution in [0.4, 0.5) is 11.4 Å². The van der Waals surface area contributed by atoms with E-state index in [0.29, 0.717) is 25.1 Å². The third kappa shape index (κ3) is 13.7. The normalized spacial score (nSPS) is 15.3. The highest BCUT2D eigenvalue weighted by Gasteiger charge is 2.51. The predicted molar refractivity (Wildman–Crippen MR) is 294 cm³/mol. The number of carboxylic acids is 1. The van der Waals surface area contributed by atoms with Crippen molar-refractivity contribution in [2.45, 2.75) is 173 Å². The summed E-state index contributed by atoms with van der Waals surface area (Å²) >= 11 is 0. The number of nitrogens with zero attached hydrogens (tertiary/aromatic N) is 3. The predicted octanol–water partition coefficient (Wildman–Crippen LogP) is 16.5. The molecule has 71 heavy (non-hydrogen) atoms. The number of carbonyl (C=O) groups excluding carboxylic acids is 1. The van der Waals surface area contributed by atoms with E-state index in [9.17, 15) is 20.0 Å². The smallest absolute Gasteiger partial charge is 0.309 e. The number of anilines is 1. The molecule has 7 heteroatoms. The molecule has 1 N–H and O–H groups in total. The zero-order chi connectivity index (χ0) is 50.3. The van der Waals surface area contributed by atoms with Crippen LogP contribution in [0.25, 0.3) is 22.3 Å². The number of carbonyl (C=O) groups is 2. The summed E-state index contributed by atoms with van der Waals surface area (Å²) in [4.78, 5) is 26.3. The Kier molecular flexibility index (Phi) is 21.5. The Hall–Kier alpha value is -6.00. The van der Waals surface area contributed by atoms with Gasteiger partial charge in [0, 0.05) is 34.5 Å². The van der Waals surface area contributed by atoms with Gasteiger partial charge in [-0.25, -0.2) is 0 Å². The molecular formula is C64H82N3O4+. The Labute approximate surface area is 427 Å². The van der Waals surface area contributed by atoms with E-state index in [1.165, 1.54) is 47.9 Å². The quantitative estimate of drug-likeness (QED) is 0.0172. The maximum absolute atomic E-state index is 12.4. The maximum atomic E-state index is 12.4. The lowest BCUT2D eigenvalue weighted by Crippen LogP contribution is -2.35. The first kappa shape index (κ1) is 54.3. The van der Waals surface area contributed by atoms with Crippen LogP contribution in [-0.2, 0) is 25.2 Å². The highest BCUT2D eigenvalue weighted by Crippen LogP contribution is 2.55. The van der Waals surface area contributed by atoms with Gasteiger partial charge >= 0.3 is 5.97 Å². The minimum Gasteiger partial charge on any atom is -0.481 e. The van der Waals surface area contributed by atoms with Gasteiger partial charge in [-0.15, -0.1) is 0 Å². The summed E-state index contributed by atoms with van der Waals surface area (Å²) in [6.45, 7) is 10.7. The van der Waals surface area contributed by atoms with Gasteiger partial charge in [-0.2, -0.15) is 9.84 Å². The van der Waals surface area contributed by atoms with E-state index in [2.05, 4.69) is 152 Å². The molecule has 0 unspecified atom stereocenters. The second-order valence-corrected chi connectivity index (χ2v) is 20.0. The monoisotopic (exact) mass is 957 g/mol. The lowest BCUT2D eigenvalue weighted by molar-refractivity contribution is -0.436. The molecule has 2 aliphatic rings. The van der Waals surface area contributed by atoms with Crippen molar-refractivity contribution in [1.29, 1.82) is 5.26 Å². The number of aliphatic carboxylic acids is 1. The number of benzene rings is 4. The molecule has 0 bridgehead atoms. The van der Waals surface area contributed by atoms with Crippen molar-refractivity contribution in [1.82, 2.24) is 0 Å². The molecule has 0 fully saturated rings. The average Bonchev–Trinajstić information content (AvgIpc) is 3.80. The van der Waals surface area contributed by atoms with Crippen molar-refractivity contribution >= 4 is 29.5 Å². The summed E-state index contributed by atoms with van der Waals surface area (Å²) in [7, 11) is 0. The molecule has 4 aromatic carbocycles. The van der Waals surface area contributed by atoms with Crippen LogP contribution < -0.4 is 4.90 Å². The van der Waals surface area contributed by atoms with Crippen LogP contribution in [0.2, 0.25) is 0 Å². The number of unbranched alkanes of at least 4 members (excludes halogenated alkanes) is 12. The molecule has 0 atom stereocenters. The zero-order valence-corrected chi connectivity index (χ0v) is 43.6. The van der Waals surface area contributed by atoms with Gasteiger partial charge in [0.1, 0.15) is 13.0 Å². The number of hydrogen-bond donors (Lipinski definition) is 1. The highest BCUT2D eigenvalue weighted by atomic mass is 16.5. The molecule has 0 saturated carbocycles. The van der Waals surface area contributed by atoms with Crippen LogP contribution in [0.15, 0.2) is 133 Å². The Balaban J connectivity index is 1.54. The number of fused-ring (bicyclic) bond motifs is 2. The van der Waals surface area contributed by atoms with Crippen LogP contribution in [0.5, 0.6) is 0 Å². The van der Waals surface area contributed by atoms with Crippen molar-refractivity contribution in [3.8, 4) is 28.3 Å². The van der Waals surface area contributed by atoms with Crippen LogP contribution in [0.3, 0.4) is 0 Å². The summed E-state index contributed by atoms with van der Waals surface area (Å²) in [5.74, 6) is -0.826. The third-order valence-electron chi connectivity index (χ3n) is 15.2. The first-order chi connectivity index (χ1) is 34.8. The van der Waals surface area contributed by atoms with E-state index in [4.69, 9.17) is 4.74 Å². The standard InChI is InChI=1S/C64H81N3O4/c1-5-9-13-23-40-63(41-24-14-10-6-2)56-47-54(52-27-19-17-20-28-52)33-35-58(56)66(44-39-62(69)70)60(63)37-31-51(49-65)32-38-61-64(42-25-15-11-7-3,43-26-16-12-8-4)57-48-55(53-29-21-18-22-30-53)34-36-59(57)67(61)45-46-71-50-68/h17-22,27-38,47-48,50H,5-16,23-26,39-46H2,1-4H3/p+1. The van der Waals surface area contributed by atoms with E-state index >= 15 is 0 Å². The van der Waals surface area contributed by atoms with Gasteiger partial charge in [-0.3, -0.25) is 9.59 Å². The lowest BCUT2D eigenvalue weighted by atomic mass is 9.69. The molecule has 2 heterocycles. The topological polar surface area (TPSA) is 93.6 Å². The molecule has 2 aliphatic heterocycles. The number of hydrogen-bond acceptors (Lipinski definition) is 5. The number of allylic oxidation sites excluding steroid dienone is 6. The van der Waals surface area contributed by atoms with E-state index in [0.717, 1.165) is 137 Å². The van der Waals surface area contributed by atoms with Gasteiger partial charge < -0.3 is 14.7 Å². The minimum absolute atomic E-state index is 0.000797. The lowest BCUT2D eigenvalue weighted by Gasteiger charge is -2.34. The molecule has 0 aromatic heterocycles. The van der Waals surface area contributed by atoms with Crippen molar-refractivity contribution in [2.75, 3.05) is 24.6 Å². The molecule has 376 valence electrons. The van der Waals surface area contributed by atoms with Gasteiger partial charge in [0.05, 0.1) is 23.6 Å². The van der Waals surface area contributed by atoms with Crippen LogP contribution >= 0.6 is 0 Å². The number of rotatable bonds is 32. The third-order valence-corrected chi connectivity index (χ3v) is 15.2. The van der Waals surface area contributed by atoms with E-state index in [1.54, 1.807) is 0 Å². The van der Waals surface area contributed by atoms with Crippen molar-refractivity contribution in [2.24, 2.45) is 0 Å². The molecule has 0 saturated heterocycles. The maximum Gasteiger partial charge on any atom is 0.309 e. The van der Waals surface area contributed by atoms with Gasteiger partial charge in [0.15, 0.2) is 12.3 Å². The van der Waals surface area contributed by atoms with Gasteiger partial charge in [-0.05, 0) is 96.0 Å². The van der Waals surface area contributed by atoms with E-state index < -0.39 is 5.97 Å². The first-order valence-electron chi connectivity index (χ1n) is 27.4. The molecule has 0 amide bonds. The summed E-state index contributed by atoms with van der Waals surface area (Å²) in [5.41, 5.74) is 11.6. The molecular weight excluding hydrogens is 875 g/mol. The van der Waals surface area contributed by atoms with Crippen molar-refractivity contribution < 1.29 is 24.0 Å². The van der Waals surface area contributed by atoms with Crippen molar-refractivity contribution in [3.05, 3.63) is 144 Å². The Morgan fingerprint density at radius 3 is 1.69 bits per heavy atom. The summed E-state index contributed by atoms with van der Waals surface area (Å²) in [5, 5.41) is 21.3. The number of carboxylic acid groups (broad SMARTS) is 1. The molecule has 7 nitrogen and oxygen atoms in total. The van der Waals surface area contributed by atoms with Gasteiger partial charge in [-0.1, -0.05) is 197 Å². The Morgan fingerprint density at radius 1 is 0.662 bits per heavy atom. The first-order valence-corrected chi connectivity index (χ1v) is 27.4. The molecule has 6 rings (SSSR count). The summed E-state index contributed by atoms with van der Waals surface area (Å²) < 4.78 is 7.69. The highest BCUT2D eigenvalue weighted by molar-refractivity contribution is 6.04. The fourth-order valence-electron chi connectivity index (χ4n) is 11.5. The van der Waals surface area contributed by atoms with Crippen LogP contribution in [-0.4, -0.2) is 47.5 Å². The van der Waals surface area contributed by atoms with Crippen LogP contribution in [0, 0.1) is 11.3 Å². The SMILES string of the molecule is CCCCCCC1(CCCCCC)C(/C=C/C(C#N)=C/C=C2/N(CCOC=O)c3ccc(-c4ccccc4)cc3C2(CCCCCC)CCCCCC)=[N+](CCC(=O)O)c2ccc(-c3ccccc3)cc21. The molecule has 4 aromatic rings. The van der Waals surface area contributed by atoms with Gasteiger partial charge in [0.25, 0.3) is 6.47 Å². The second kappa shape index (κ2) is 28.1. The largest absolute Gasteiger partial charge is 0.481 e. The van der Waals surface area contributed by atoms with E-state index in [-0.39, 0.29) is 23.9 Å². The van der Waals surface area contributed by atoms with E-state index in [1.807, 2.05) is 12.2 Å². The zero-order valence-electron chi connectivity index (χ0n) is 43.6. The molecule has 0 aliphatic carbocycles. The average molecular weight is 957 g/mol. The van der Waals surface area contributed by atoms with Crippen LogP contribution in [0.1, 0.15) is 174 Å². The second-order valence-electron chi connectivity index (χ2n) is 20.0. The minimum atomic E-state index is -0.826. The fraction of sp³-hybridized carbons (Fsp3) is 0.469. The fourth-order valence-corrected chi connectivity index (χ4v) is 11.5. The molecule has 0 radical (unpaired) electrons. The molecule has 0 spiro atoms.